The van der Waals surface area contributed by atoms with E-state index in [4.69, 9.17) is 4.74 Å². The van der Waals surface area contributed by atoms with Gasteiger partial charge in [0.25, 0.3) is 0 Å². The summed E-state index contributed by atoms with van der Waals surface area (Å²) in [6, 6.07) is 3.80. The highest BCUT2D eigenvalue weighted by molar-refractivity contribution is 5.83. The molecule has 26 heavy (non-hydrogen) atoms. The van der Waals surface area contributed by atoms with E-state index >= 15 is 0 Å². The number of carbonyl (C=O) groups excluding carboxylic acids is 2. The van der Waals surface area contributed by atoms with E-state index in [0.29, 0.717) is 25.9 Å². The molecular weight excluding hydrogens is 332 g/mol. The molecule has 3 heterocycles. The van der Waals surface area contributed by atoms with Gasteiger partial charge in [-0.25, -0.2) is 0 Å². The summed E-state index contributed by atoms with van der Waals surface area (Å²) in [6.07, 6.45) is 5.51. The first-order chi connectivity index (χ1) is 12.7. The van der Waals surface area contributed by atoms with Gasteiger partial charge in [-0.15, -0.1) is 0 Å². The Balaban J connectivity index is 1.41. The van der Waals surface area contributed by atoms with Crippen molar-refractivity contribution in [1.82, 2.24) is 20.1 Å². The SMILES string of the molecule is O=C(NCc1cccnc1)[C@@H]1CCC(=O)N(CCCN2CCOCC2)C1. The first-order valence-corrected chi connectivity index (χ1v) is 9.47. The average Bonchev–Trinajstić information content (AvgIpc) is 2.69. The summed E-state index contributed by atoms with van der Waals surface area (Å²) in [4.78, 5) is 32.9. The molecule has 7 nitrogen and oxygen atoms in total. The number of likely N-dealkylation sites (tertiary alicyclic amines) is 1. The molecule has 1 N–H and O–H groups in total. The number of nitrogens with one attached hydrogen (secondary N) is 1. The quantitative estimate of drug-likeness (QED) is 0.773. The normalized spacial score (nSPS) is 21.6. The van der Waals surface area contributed by atoms with E-state index in [-0.39, 0.29) is 17.7 Å². The minimum Gasteiger partial charge on any atom is -0.379 e. The van der Waals surface area contributed by atoms with Gasteiger partial charge in [0.15, 0.2) is 0 Å². The van der Waals surface area contributed by atoms with Gasteiger partial charge in [0.2, 0.25) is 11.8 Å². The van der Waals surface area contributed by atoms with Crippen molar-refractivity contribution in [1.29, 1.82) is 0 Å². The van der Waals surface area contributed by atoms with Crippen LogP contribution in [0.15, 0.2) is 24.5 Å². The van der Waals surface area contributed by atoms with Crippen LogP contribution in [0.3, 0.4) is 0 Å². The Morgan fingerprint density at radius 1 is 1.31 bits per heavy atom. The van der Waals surface area contributed by atoms with Gasteiger partial charge in [-0.05, 0) is 24.5 Å². The van der Waals surface area contributed by atoms with Gasteiger partial charge in [-0.2, -0.15) is 0 Å². The summed E-state index contributed by atoms with van der Waals surface area (Å²) in [5, 5.41) is 2.97. The molecule has 1 aromatic rings. The molecule has 2 aliphatic heterocycles. The minimum atomic E-state index is -0.118. The summed E-state index contributed by atoms with van der Waals surface area (Å²) in [6.45, 7) is 6.23. The molecule has 0 saturated carbocycles. The Hall–Kier alpha value is -1.99. The minimum absolute atomic E-state index is 0.0273. The van der Waals surface area contributed by atoms with E-state index < -0.39 is 0 Å². The van der Waals surface area contributed by atoms with Crippen LogP contribution in [0.1, 0.15) is 24.8 Å². The molecule has 0 bridgehead atoms. The zero-order chi connectivity index (χ0) is 18.2. The van der Waals surface area contributed by atoms with Crippen LogP contribution in [-0.2, 0) is 20.9 Å². The lowest BCUT2D eigenvalue weighted by atomic mass is 9.96. The number of aromatic nitrogens is 1. The Bertz CT molecular complexity index is 590. The zero-order valence-electron chi connectivity index (χ0n) is 15.2. The van der Waals surface area contributed by atoms with Crippen molar-refractivity contribution in [2.75, 3.05) is 45.9 Å². The van der Waals surface area contributed by atoms with Crippen LogP contribution in [0.25, 0.3) is 0 Å². The van der Waals surface area contributed by atoms with Gasteiger partial charge < -0.3 is 15.0 Å². The van der Waals surface area contributed by atoms with Crippen LogP contribution in [0, 0.1) is 5.92 Å². The molecule has 1 atom stereocenters. The number of pyridine rings is 1. The predicted molar refractivity (Wildman–Crippen MR) is 97.3 cm³/mol. The highest BCUT2D eigenvalue weighted by atomic mass is 16.5. The van der Waals surface area contributed by atoms with Crippen molar-refractivity contribution in [2.45, 2.75) is 25.8 Å². The van der Waals surface area contributed by atoms with Crippen molar-refractivity contribution < 1.29 is 14.3 Å². The first kappa shape index (κ1) is 18.8. The lowest BCUT2D eigenvalue weighted by molar-refractivity contribution is -0.138. The fourth-order valence-electron chi connectivity index (χ4n) is 3.49. The summed E-state index contributed by atoms with van der Waals surface area (Å²) in [5.74, 6) is 0.0792. The third-order valence-corrected chi connectivity index (χ3v) is 5.07. The van der Waals surface area contributed by atoms with Crippen LogP contribution in [0.5, 0.6) is 0 Å². The Kier molecular flexibility index (Phi) is 6.96. The summed E-state index contributed by atoms with van der Waals surface area (Å²) < 4.78 is 5.35. The number of amides is 2. The maximum atomic E-state index is 12.5. The molecule has 7 heteroatoms. The standard InChI is InChI=1S/C19H28N4O3/c24-18-5-4-17(19(25)21-14-16-3-1-6-20-13-16)15-23(18)8-2-7-22-9-11-26-12-10-22/h1,3,6,13,17H,2,4-5,7-12,14-15H2,(H,21,25)/t17-/m1/s1. The van der Waals surface area contributed by atoms with Gasteiger partial charge in [0.1, 0.15) is 0 Å². The maximum absolute atomic E-state index is 12.5. The van der Waals surface area contributed by atoms with Crippen LogP contribution >= 0.6 is 0 Å². The molecule has 0 aliphatic carbocycles. The number of piperidine rings is 1. The van der Waals surface area contributed by atoms with Gasteiger partial charge in [0.05, 0.1) is 19.1 Å². The summed E-state index contributed by atoms with van der Waals surface area (Å²) in [5.41, 5.74) is 0.982. The molecule has 2 aliphatic rings. The van der Waals surface area contributed by atoms with E-state index in [9.17, 15) is 9.59 Å². The fourth-order valence-corrected chi connectivity index (χ4v) is 3.49. The highest BCUT2D eigenvalue weighted by Crippen LogP contribution is 2.18. The maximum Gasteiger partial charge on any atom is 0.225 e. The lowest BCUT2D eigenvalue weighted by Gasteiger charge is -2.33. The smallest absolute Gasteiger partial charge is 0.225 e. The number of carbonyl (C=O) groups is 2. The monoisotopic (exact) mass is 360 g/mol. The molecule has 0 aromatic carbocycles. The van der Waals surface area contributed by atoms with Gasteiger partial charge >= 0.3 is 0 Å². The topological polar surface area (TPSA) is 74.8 Å². The Labute approximate surface area is 154 Å². The van der Waals surface area contributed by atoms with Crippen LogP contribution < -0.4 is 5.32 Å². The van der Waals surface area contributed by atoms with Crippen LogP contribution in [0.4, 0.5) is 0 Å². The van der Waals surface area contributed by atoms with E-state index in [2.05, 4.69) is 15.2 Å². The van der Waals surface area contributed by atoms with Crippen molar-refractivity contribution in [3.05, 3.63) is 30.1 Å². The van der Waals surface area contributed by atoms with Crippen molar-refractivity contribution >= 4 is 11.8 Å². The summed E-state index contributed by atoms with van der Waals surface area (Å²) >= 11 is 0. The van der Waals surface area contributed by atoms with Gasteiger partial charge in [-0.1, -0.05) is 6.07 Å². The molecule has 2 amide bonds. The number of morpholine rings is 1. The lowest BCUT2D eigenvalue weighted by Crippen LogP contribution is -2.46. The van der Waals surface area contributed by atoms with Gasteiger partial charge in [0, 0.05) is 58.1 Å². The Morgan fingerprint density at radius 2 is 2.15 bits per heavy atom. The van der Waals surface area contributed by atoms with Gasteiger partial charge in [-0.3, -0.25) is 19.5 Å². The number of ether oxygens (including phenoxy) is 1. The first-order valence-electron chi connectivity index (χ1n) is 9.47. The van der Waals surface area contributed by atoms with Crippen LogP contribution in [0.2, 0.25) is 0 Å². The fraction of sp³-hybridized carbons (Fsp3) is 0.632. The molecule has 1 aromatic heterocycles. The van der Waals surface area contributed by atoms with E-state index in [1.807, 2.05) is 17.0 Å². The second-order valence-corrected chi connectivity index (χ2v) is 6.96. The van der Waals surface area contributed by atoms with Crippen LogP contribution in [-0.4, -0.2) is 72.5 Å². The second-order valence-electron chi connectivity index (χ2n) is 6.96. The number of rotatable bonds is 7. The molecule has 142 valence electrons. The second kappa shape index (κ2) is 9.64. The molecule has 0 spiro atoms. The van der Waals surface area contributed by atoms with Crippen molar-refractivity contribution in [2.24, 2.45) is 5.92 Å². The third-order valence-electron chi connectivity index (χ3n) is 5.07. The summed E-state index contributed by atoms with van der Waals surface area (Å²) in [7, 11) is 0. The predicted octanol–water partition coefficient (Wildman–Crippen LogP) is 0.659. The largest absolute Gasteiger partial charge is 0.379 e. The molecule has 0 radical (unpaired) electrons. The highest BCUT2D eigenvalue weighted by Gasteiger charge is 2.29. The van der Waals surface area contributed by atoms with Crippen molar-refractivity contribution in [3.63, 3.8) is 0 Å². The van der Waals surface area contributed by atoms with Crippen molar-refractivity contribution in [3.8, 4) is 0 Å². The zero-order valence-corrected chi connectivity index (χ0v) is 15.2. The molecule has 2 saturated heterocycles. The molecule has 3 rings (SSSR count). The molecular formula is C19H28N4O3. The molecule has 0 unspecified atom stereocenters. The average molecular weight is 360 g/mol. The number of nitrogens with zero attached hydrogens (tertiary/aromatic N) is 3. The van der Waals surface area contributed by atoms with E-state index in [1.165, 1.54) is 0 Å². The number of hydrogen-bond donors (Lipinski definition) is 1. The third kappa shape index (κ3) is 5.51. The molecule has 2 fully saturated rings. The Morgan fingerprint density at radius 3 is 2.92 bits per heavy atom. The van der Waals surface area contributed by atoms with E-state index in [0.717, 1.165) is 51.4 Å². The number of hydrogen-bond acceptors (Lipinski definition) is 5. The van der Waals surface area contributed by atoms with E-state index in [1.54, 1.807) is 12.4 Å².